The van der Waals surface area contributed by atoms with Crippen LogP contribution in [0.3, 0.4) is 0 Å². The predicted octanol–water partition coefficient (Wildman–Crippen LogP) is 20.4. The van der Waals surface area contributed by atoms with Gasteiger partial charge in [0, 0.05) is 31.1 Å². The number of ether oxygens (including phenoxy) is 1. The molecule has 29 heteroatoms. The van der Waals surface area contributed by atoms with Gasteiger partial charge in [-0.1, -0.05) is 176 Å². The fourth-order valence-corrected chi connectivity index (χ4v) is 15.6. The number of allylic oxidation sites excluding steroid dienone is 7. The zero-order valence-electron chi connectivity index (χ0n) is 51.5. The molecule has 0 saturated heterocycles. The summed E-state index contributed by atoms with van der Waals surface area (Å²) in [5, 5.41) is 4.46. The molecule has 7 aromatic rings. The topological polar surface area (TPSA) is 21.6 Å². The van der Waals surface area contributed by atoms with Crippen LogP contribution < -0.4 is 32.5 Å². The van der Waals surface area contributed by atoms with E-state index in [-0.39, 0.29) is 31.6 Å². The van der Waals surface area contributed by atoms with Crippen LogP contribution in [0.25, 0.3) is 0 Å². The average Bonchev–Trinajstić information content (AvgIpc) is 0.821. The predicted molar refractivity (Wildman–Crippen MR) is 330 cm³/mol. The Kier molecular flexibility index (Phi) is 23.6. The third kappa shape index (κ3) is 18.2. The number of rotatable bonds is 10. The van der Waals surface area contributed by atoms with Gasteiger partial charge < -0.3 is 4.74 Å². The quantitative estimate of drug-likeness (QED) is 0.0579. The molecule has 535 valence electrons. The molecule has 0 aromatic heterocycles. The van der Waals surface area contributed by atoms with Crippen molar-refractivity contribution in [1.82, 2.24) is 0 Å². The number of halogens is 24. The molecule has 1 spiro atoms. The van der Waals surface area contributed by atoms with Crippen LogP contribution in [0.15, 0.2) is 216 Å². The molecule has 2 atom stereocenters. The molecule has 100 heavy (non-hydrogen) atoms. The van der Waals surface area contributed by atoms with E-state index in [4.69, 9.17) is 9.73 Å². The van der Waals surface area contributed by atoms with Gasteiger partial charge in [-0.2, -0.15) is 127 Å². The molecule has 1 aliphatic heterocycles. The molecule has 0 amide bonds. The van der Waals surface area contributed by atoms with Crippen molar-refractivity contribution >= 4 is 52.4 Å². The zero-order chi connectivity index (χ0) is 72.4. The first-order chi connectivity index (χ1) is 46.1. The molecule has 3 aliphatic carbocycles. The summed E-state index contributed by atoms with van der Waals surface area (Å²) in [5.41, 5.74) is -27.5. The van der Waals surface area contributed by atoms with E-state index in [0.717, 1.165) is 25.2 Å². The van der Waals surface area contributed by atoms with Gasteiger partial charge in [0.2, 0.25) is 5.90 Å². The molecular weight excluding hydrogens is 1570 g/mol. The molecule has 11 rings (SSSR count). The second-order valence-electron chi connectivity index (χ2n) is 23.8. The average molecular weight is 1630 g/mol. The minimum atomic E-state index is -6.13. The number of nitrogens with zero attached hydrogens (tertiary/aromatic N) is 1. The van der Waals surface area contributed by atoms with Gasteiger partial charge in [0.25, 0.3) is 0 Å². The molecule has 1 heterocycles. The fourth-order valence-electron chi connectivity index (χ4n) is 12.8. The maximum absolute atomic E-state index is 14.2. The Morgan fingerprint density at radius 1 is 0.370 bits per heavy atom. The largest absolute Gasteiger partial charge is 0.475 e. The third-order valence-corrected chi connectivity index (χ3v) is 19.9. The van der Waals surface area contributed by atoms with Gasteiger partial charge in [-0.25, -0.2) is 4.99 Å². The number of aliphatic imine (C=N–C) groups is 1. The zero-order valence-corrected chi connectivity index (χ0v) is 54.8. The minimum Gasteiger partial charge on any atom is -0.475 e. The Balaban J connectivity index is 0.000000246. The van der Waals surface area contributed by atoms with Crippen molar-refractivity contribution in [2.24, 2.45) is 10.4 Å². The molecule has 0 fully saturated rings. The monoisotopic (exact) mass is 1630 g/mol. The number of hydrogen-bond acceptors (Lipinski definition) is 2. The van der Waals surface area contributed by atoms with Gasteiger partial charge in [-0.3, -0.25) is 0 Å². The Bertz CT molecular complexity index is 3640. The SMILES string of the molecule is C1=C(C2=NC(Cc3ccccc3)CO2)C2(CC1)CCC=C2P(c1ccccc1)c1ccccc1.C1=CCCC=CCC1.FC(F)(F)c1cc([B-](c2cc(C(F)(F)F)cc(C(F)(F)F)c2)(c2cc(C(F)(F)F)cc(C(F)(F)F)c2)c2cc(C(F)(F)F)cc(C(F)(F)F)c2)cc(C(F)(F)F)c1.[Ir]. The van der Waals surface area contributed by atoms with E-state index >= 15 is 0 Å². The molecule has 1 radical (unpaired) electrons. The Hall–Kier alpha value is -7.57. The van der Waals surface area contributed by atoms with E-state index in [2.05, 4.69) is 127 Å². The number of alkyl halides is 24. The standard InChI is InChI=1S/C32H12BF24.C31H30NOP.C8H12.Ir/c34-25(35,36)13-1-14(26(37,38)39)6-21(5-13)33(22-7-15(27(40,41)42)2-16(8-22)28(43,44)45,23-9-17(29(46,47)48)3-18(10-23)30(49,50)51)24-11-19(31(52,53)54)4-20(12-24)32(55,56)57;1-4-12-24(13-5-1)22-25-23-33-30(32-25)28-18-10-20-31(28)21-11-19-29(31)34(26-14-6-2-7-15-26)27-16-8-3-9-17-27;1-2-4-6-8-7-5-3-1;/h1-12H;1-9,12-19,25H,10-11,20-23H2;1-2,7-8H,3-6H2;/q-1;;;. The molecular formula is C71H54BF24IrNOP-. The van der Waals surface area contributed by atoms with E-state index < -0.39 is 203 Å². The van der Waals surface area contributed by atoms with Crippen LogP contribution >= 0.6 is 7.92 Å². The van der Waals surface area contributed by atoms with Gasteiger partial charge in [0.1, 0.15) is 12.8 Å². The summed E-state index contributed by atoms with van der Waals surface area (Å²) in [4.78, 5) is 5.13. The first-order valence-corrected chi connectivity index (χ1v) is 31.7. The maximum Gasteiger partial charge on any atom is 0.416 e. The normalized spacial score (nSPS) is 17.8. The van der Waals surface area contributed by atoms with Crippen molar-refractivity contribution in [3.63, 3.8) is 0 Å². The van der Waals surface area contributed by atoms with Crippen molar-refractivity contribution in [2.45, 2.75) is 113 Å². The molecule has 0 N–H and O–H groups in total. The smallest absolute Gasteiger partial charge is 0.416 e. The van der Waals surface area contributed by atoms with Crippen LogP contribution in [0.2, 0.25) is 0 Å². The summed E-state index contributed by atoms with van der Waals surface area (Å²) in [6, 6.07) is 24.3. The Labute approximate surface area is 571 Å². The van der Waals surface area contributed by atoms with Gasteiger partial charge >= 0.3 is 49.4 Å². The van der Waals surface area contributed by atoms with Crippen LogP contribution in [-0.2, 0) is 80.7 Å². The molecule has 2 unspecified atom stereocenters. The summed E-state index contributed by atoms with van der Waals surface area (Å²) in [6.07, 6.45) is -30.3. The molecule has 0 bridgehead atoms. The van der Waals surface area contributed by atoms with Crippen LogP contribution in [-0.4, -0.2) is 24.7 Å². The van der Waals surface area contributed by atoms with Crippen LogP contribution in [0.5, 0.6) is 0 Å². The maximum atomic E-state index is 14.2. The van der Waals surface area contributed by atoms with Crippen molar-refractivity contribution in [3.8, 4) is 0 Å². The Morgan fingerprint density at radius 2 is 0.650 bits per heavy atom. The van der Waals surface area contributed by atoms with Gasteiger partial charge in [0.05, 0.1) is 50.5 Å². The minimum absolute atomic E-state index is 0. The summed E-state index contributed by atoms with van der Waals surface area (Å²) in [7, 11) is -0.594. The molecule has 2 nitrogen and oxygen atoms in total. The Morgan fingerprint density at radius 3 is 0.940 bits per heavy atom. The number of hydrogen-bond donors (Lipinski definition) is 0. The van der Waals surface area contributed by atoms with E-state index in [0.29, 0.717) is 6.61 Å². The van der Waals surface area contributed by atoms with Crippen molar-refractivity contribution in [1.29, 1.82) is 0 Å². The van der Waals surface area contributed by atoms with E-state index in [1.807, 2.05) is 0 Å². The van der Waals surface area contributed by atoms with Gasteiger partial charge in [0.15, 0.2) is 0 Å². The summed E-state index contributed by atoms with van der Waals surface area (Å²) >= 11 is 0. The van der Waals surface area contributed by atoms with Crippen LogP contribution in [0, 0.1) is 5.41 Å². The summed E-state index contributed by atoms with van der Waals surface area (Å²) in [6.45, 7) is 0.683. The van der Waals surface area contributed by atoms with Crippen molar-refractivity contribution in [2.75, 3.05) is 6.61 Å². The van der Waals surface area contributed by atoms with Crippen LogP contribution in [0.1, 0.15) is 101 Å². The first kappa shape index (κ1) is 78.2. The van der Waals surface area contributed by atoms with Gasteiger partial charge in [-0.05, 0) is 111 Å². The second kappa shape index (κ2) is 30.2. The van der Waals surface area contributed by atoms with E-state index in [9.17, 15) is 105 Å². The molecule has 0 saturated carbocycles. The summed E-state index contributed by atoms with van der Waals surface area (Å²) in [5.74, 6) is 0.905. The molecule has 7 aromatic carbocycles. The van der Waals surface area contributed by atoms with Crippen LogP contribution in [0.4, 0.5) is 105 Å². The number of benzene rings is 7. The fraction of sp³-hybridized carbons (Fsp3) is 0.282. The second-order valence-corrected chi connectivity index (χ2v) is 26.0. The van der Waals surface area contributed by atoms with E-state index in [1.165, 1.54) is 60.3 Å². The third-order valence-electron chi connectivity index (χ3n) is 17.1. The first-order valence-electron chi connectivity index (χ1n) is 30.3. The summed E-state index contributed by atoms with van der Waals surface area (Å²) < 4.78 is 347. The van der Waals surface area contributed by atoms with Crippen molar-refractivity contribution in [3.05, 3.63) is 261 Å². The van der Waals surface area contributed by atoms with E-state index in [1.54, 1.807) is 5.31 Å². The van der Waals surface area contributed by atoms with Crippen molar-refractivity contribution < 1.29 is 130 Å². The molecule has 4 aliphatic rings. The van der Waals surface area contributed by atoms with Gasteiger partial charge in [-0.15, -0.1) is 0 Å².